The van der Waals surface area contributed by atoms with E-state index in [1.165, 1.54) is 20.9 Å². The van der Waals surface area contributed by atoms with Crippen molar-refractivity contribution in [3.05, 3.63) is 59.7 Å². The Hall–Kier alpha value is -0.240. The van der Waals surface area contributed by atoms with E-state index in [2.05, 4.69) is 76.2 Å². The molecule has 0 aliphatic rings. The smallest absolute Gasteiger partial charge is 0.109 e. The first-order valence-corrected chi connectivity index (χ1v) is 14.0. The summed E-state index contributed by atoms with van der Waals surface area (Å²) < 4.78 is 0. The topological polar surface area (TPSA) is 40.5 Å². The fourth-order valence-electron chi connectivity index (χ4n) is 2.92. The number of hydrogen-bond acceptors (Lipinski definition) is 6. The van der Waals surface area contributed by atoms with Crippen LogP contribution >= 0.6 is 47.0 Å². The Kier molecular flexibility index (Phi) is 10.9. The quantitative estimate of drug-likeness (QED) is 0.280. The number of hydrogen-bond donors (Lipinski definition) is 2. The van der Waals surface area contributed by atoms with Crippen molar-refractivity contribution in [1.82, 2.24) is 0 Å². The number of rotatable bonds is 12. The molecule has 0 amide bonds. The van der Waals surface area contributed by atoms with Gasteiger partial charge in [0, 0.05) is 26.7 Å². The van der Waals surface area contributed by atoms with Gasteiger partial charge in [-0.25, -0.2) is 0 Å². The highest BCUT2D eigenvalue weighted by Crippen LogP contribution is 2.34. The molecule has 0 radical (unpaired) electrons. The van der Waals surface area contributed by atoms with Gasteiger partial charge < -0.3 is 10.2 Å². The summed E-state index contributed by atoms with van der Waals surface area (Å²) in [5.74, 6) is 3.30. The minimum Gasteiger partial charge on any atom is -0.382 e. The van der Waals surface area contributed by atoms with E-state index in [4.69, 9.17) is 0 Å². The average molecular weight is 469 g/mol. The highest BCUT2D eigenvalue weighted by Gasteiger charge is 2.23. The summed E-state index contributed by atoms with van der Waals surface area (Å²) in [6, 6.07) is 17.4. The van der Waals surface area contributed by atoms with Crippen LogP contribution in [-0.4, -0.2) is 44.1 Å². The van der Waals surface area contributed by atoms with Gasteiger partial charge in [0.05, 0.1) is 0 Å². The van der Waals surface area contributed by atoms with E-state index in [1.54, 1.807) is 47.0 Å². The molecule has 2 nitrogen and oxygen atoms in total. The predicted octanol–water partition coefficient (Wildman–Crippen LogP) is 6.34. The third-order valence-corrected chi connectivity index (χ3v) is 9.02. The van der Waals surface area contributed by atoms with Gasteiger partial charge in [-0.3, -0.25) is 0 Å². The molecular formula is C23H32O2S4. The SMILES string of the molecule is CCSC(O)CSc1ccc(C(C)(C)c2ccc(SCC(O)SCC)cc2)cc1. The van der Waals surface area contributed by atoms with E-state index < -0.39 is 0 Å². The van der Waals surface area contributed by atoms with Crippen molar-refractivity contribution in [2.45, 2.75) is 53.8 Å². The van der Waals surface area contributed by atoms with E-state index in [0.717, 1.165) is 11.5 Å². The van der Waals surface area contributed by atoms with Crippen LogP contribution in [0.4, 0.5) is 0 Å². The van der Waals surface area contributed by atoms with Gasteiger partial charge >= 0.3 is 0 Å². The predicted molar refractivity (Wildman–Crippen MR) is 135 cm³/mol. The summed E-state index contributed by atoms with van der Waals surface area (Å²) in [6.07, 6.45) is 0. The van der Waals surface area contributed by atoms with Crippen LogP contribution in [0.25, 0.3) is 0 Å². The fourth-order valence-corrected chi connectivity index (χ4v) is 6.19. The van der Waals surface area contributed by atoms with Crippen molar-refractivity contribution in [2.24, 2.45) is 0 Å². The molecule has 0 saturated heterocycles. The molecule has 2 unspecified atom stereocenters. The molecule has 2 aromatic rings. The number of aliphatic hydroxyl groups is 2. The molecule has 0 aliphatic heterocycles. The lowest BCUT2D eigenvalue weighted by molar-refractivity contribution is 0.288. The van der Waals surface area contributed by atoms with Crippen molar-refractivity contribution in [1.29, 1.82) is 0 Å². The van der Waals surface area contributed by atoms with E-state index in [0.29, 0.717) is 11.5 Å². The molecule has 0 aliphatic carbocycles. The molecule has 0 fully saturated rings. The number of thioether (sulfide) groups is 4. The maximum absolute atomic E-state index is 9.89. The zero-order valence-electron chi connectivity index (χ0n) is 17.6. The summed E-state index contributed by atoms with van der Waals surface area (Å²) in [5, 5.41) is 19.8. The van der Waals surface area contributed by atoms with Gasteiger partial charge in [0.1, 0.15) is 10.9 Å². The maximum Gasteiger partial charge on any atom is 0.109 e. The van der Waals surface area contributed by atoms with Crippen molar-refractivity contribution in [3.63, 3.8) is 0 Å². The van der Waals surface area contributed by atoms with Gasteiger partial charge in [-0.2, -0.15) is 0 Å². The molecule has 0 saturated carbocycles. The van der Waals surface area contributed by atoms with Crippen LogP contribution in [-0.2, 0) is 5.41 Å². The van der Waals surface area contributed by atoms with Crippen LogP contribution in [0.1, 0.15) is 38.8 Å². The lowest BCUT2D eigenvalue weighted by Crippen LogP contribution is -2.18. The molecule has 0 bridgehead atoms. The van der Waals surface area contributed by atoms with Gasteiger partial charge in [0.25, 0.3) is 0 Å². The summed E-state index contributed by atoms with van der Waals surface area (Å²) in [7, 11) is 0. The third kappa shape index (κ3) is 8.08. The normalized spacial score (nSPS) is 14.0. The molecule has 2 N–H and O–H groups in total. The molecule has 2 rings (SSSR count). The van der Waals surface area contributed by atoms with Crippen LogP contribution in [0.2, 0.25) is 0 Å². The van der Waals surface area contributed by atoms with Crippen LogP contribution in [0, 0.1) is 0 Å². The standard InChI is InChI=1S/C23H32O2S4/c1-5-26-21(24)15-28-19-11-7-17(8-12-19)23(3,4)18-9-13-20(14-10-18)29-16-22(25)27-6-2/h7-14,21-22,24-25H,5-6,15-16H2,1-4H3. The Bertz CT molecular complexity index is 655. The van der Waals surface area contributed by atoms with Crippen molar-refractivity contribution in [2.75, 3.05) is 23.0 Å². The Morgan fingerprint density at radius 2 is 1.03 bits per heavy atom. The first-order chi connectivity index (χ1) is 13.9. The first kappa shape index (κ1) is 25.0. The fraction of sp³-hybridized carbons (Fsp3) is 0.478. The lowest BCUT2D eigenvalue weighted by Gasteiger charge is -2.26. The zero-order valence-corrected chi connectivity index (χ0v) is 20.9. The first-order valence-electron chi connectivity index (χ1n) is 9.92. The molecule has 29 heavy (non-hydrogen) atoms. The summed E-state index contributed by atoms with van der Waals surface area (Å²) in [6.45, 7) is 8.63. The zero-order chi connectivity index (χ0) is 21.3. The lowest BCUT2D eigenvalue weighted by atomic mass is 9.78. The highest BCUT2D eigenvalue weighted by molar-refractivity contribution is 8.03. The average Bonchev–Trinajstić information content (AvgIpc) is 2.72. The number of aliphatic hydroxyl groups excluding tert-OH is 2. The second-order valence-corrected chi connectivity index (χ2v) is 12.2. The van der Waals surface area contributed by atoms with Crippen LogP contribution in [0.5, 0.6) is 0 Å². The van der Waals surface area contributed by atoms with E-state index in [1.807, 2.05) is 0 Å². The van der Waals surface area contributed by atoms with E-state index >= 15 is 0 Å². The van der Waals surface area contributed by atoms with E-state index in [9.17, 15) is 10.2 Å². The summed E-state index contributed by atoms with van der Waals surface area (Å²) in [5.41, 5.74) is 1.86. The second kappa shape index (κ2) is 12.6. The molecule has 2 atom stereocenters. The van der Waals surface area contributed by atoms with Crippen LogP contribution in [0.15, 0.2) is 58.3 Å². The molecule has 0 aromatic heterocycles. The molecule has 160 valence electrons. The van der Waals surface area contributed by atoms with Crippen molar-refractivity contribution < 1.29 is 10.2 Å². The Balaban J connectivity index is 1.98. The Morgan fingerprint density at radius 1 is 0.690 bits per heavy atom. The Morgan fingerprint density at radius 3 is 1.34 bits per heavy atom. The largest absolute Gasteiger partial charge is 0.382 e. The van der Waals surface area contributed by atoms with Gasteiger partial charge in [0.15, 0.2) is 0 Å². The van der Waals surface area contributed by atoms with Crippen LogP contribution < -0.4 is 0 Å². The van der Waals surface area contributed by atoms with E-state index in [-0.39, 0.29) is 16.3 Å². The summed E-state index contributed by atoms with van der Waals surface area (Å²) in [4.78, 5) is 2.38. The maximum atomic E-state index is 9.89. The molecular weight excluding hydrogens is 437 g/mol. The Labute approximate surface area is 193 Å². The third-order valence-electron chi connectivity index (χ3n) is 4.66. The van der Waals surface area contributed by atoms with Crippen molar-refractivity contribution in [3.8, 4) is 0 Å². The monoisotopic (exact) mass is 468 g/mol. The van der Waals surface area contributed by atoms with Gasteiger partial charge in [-0.15, -0.1) is 47.0 Å². The molecule has 6 heteroatoms. The minimum absolute atomic E-state index is 0.0818. The van der Waals surface area contributed by atoms with Crippen LogP contribution in [0.3, 0.4) is 0 Å². The van der Waals surface area contributed by atoms with Crippen molar-refractivity contribution >= 4 is 47.0 Å². The molecule has 2 aromatic carbocycles. The molecule has 0 heterocycles. The number of benzene rings is 2. The van der Waals surface area contributed by atoms with Gasteiger partial charge in [-0.05, 0) is 46.9 Å². The van der Waals surface area contributed by atoms with Gasteiger partial charge in [0.2, 0.25) is 0 Å². The minimum atomic E-state index is -0.306. The molecule has 0 spiro atoms. The van der Waals surface area contributed by atoms with Gasteiger partial charge in [-0.1, -0.05) is 52.0 Å². The highest BCUT2D eigenvalue weighted by atomic mass is 32.2. The second-order valence-electron chi connectivity index (χ2n) is 7.12. The summed E-state index contributed by atoms with van der Waals surface area (Å²) >= 11 is 6.56.